The third-order valence-electron chi connectivity index (χ3n) is 3.17. The smallest absolute Gasteiger partial charge is 0.337 e. The van der Waals surface area contributed by atoms with Crippen LogP contribution in [0.3, 0.4) is 0 Å². The zero-order valence-corrected chi connectivity index (χ0v) is 14.9. The molecule has 0 radical (unpaired) electrons. The van der Waals surface area contributed by atoms with Crippen molar-refractivity contribution in [1.29, 1.82) is 0 Å². The molecule has 0 aliphatic rings. The molecular weight excluding hydrogens is 336 g/mol. The summed E-state index contributed by atoms with van der Waals surface area (Å²) in [6, 6.07) is 15.3. The van der Waals surface area contributed by atoms with Crippen molar-refractivity contribution in [3.63, 3.8) is 0 Å². The highest BCUT2D eigenvalue weighted by Gasteiger charge is 2.14. The SMILES string of the molecule is CCCOc1ccc(OC(=O)CC)cc1.O=C(O)C(O)c1ccccc1. The van der Waals surface area contributed by atoms with Gasteiger partial charge in [-0.3, -0.25) is 4.79 Å². The van der Waals surface area contributed by atoms with Crippen molar-refractivity contribution in [1.82, 2.24) is 0 Å². The minimum Gasteiger partial charge on any atom is -0.494 e. The molecule has 0 saturated heterocycles. The molecule has 0 saturated carbocycles. The Balaban J connectivity index is 0.000000273. The van der Waals surface area contributed by atoms with Crippen LogP contribution < -0.4 is 9.47 Å². The molecule has 2 rings (SSSR count). The molecule has 0 heterocycles. The number of esters is 1. The Morgan fingerprint density at radius 2 is 1.54 bits per heavy atom. The maximum absolute atomic E-state index is 11.0. The van der Waals surface area contributed by atoms with Crippen molar-refractivity contribution in [2.75, 3.05) is 6.61 Å². The van der Waals surface area contributed by atoms with Gasteiger partial charge in [-0.1, -0.05) is 44.2 Å². The number of rotatable bonds is 7. The Bertz CT molecular complexity index is 666. The van der Waals surface area contributed by atoms with E-state index in [4.69, 9.17) is 19.7 Å². The summed E-state index contributed by atoms with van der Waals surface area (Å²) < 4.78 is 10.4. The van der Waals surface area contributed by atoms with E-state index in [9.17, 15) is 9.59 Å². The molecule has 1 atom stereocenters. The van der Waals surface area contributed by atoms with Crippen LogP contribution >= 0.6 is 0 Å². The molecule has 6 nitrogen and oxygen atoms in total. The highest BCUT2D eigenvalue weighted by atomic mass is 16.5. The van der Waals surface area contributed by atoms with Gasteiger partial charge in [0.15, 0.2) is 6.10 Å². The van der Waals surface area contributed by atoms with Crippen molar-refractivity contribution in [2.45, 2.75) is 32.8 Å². The van der Waals surface area contributed by atoms with Gasteiger partial charge in [-0.2, -0.15) is 0 Å². The monoisotopic (exact) mass is 360 g/mol. The lowest BCUT2D eigenvalue weighted by Gasteiger charge is -2.05. The van der Waals surface area contributed by atoms with Crippen LogP contribution in [0.1, 0.15) is 38.4 Å². The van der Waals surface area contributed by atoms with Gasteiger partial charge in [0.05, 0.1) is 6.61 Å². The quantitative estimate of drug-likeness (QED) is 0.579. The van der Waals surface area contributed by atoms with Crippen LogP contribution in [0, 0.1) is 0 Å². The normalized spacial score (nSPS) is 10.9. The fourth-order valence-electron chi connectivity index (χ4n) is 1.81. The summed E-state index contributed by atoms with van der Waals surface area (Å²) in [5, 5.41) is 17.4. The van der Waals surface area contributed by atoms with E-state index in [1.165, 1.54) is 0 Å². The van der Waals surface area contributed by atoms with Crippen LogP contribution in [0.15, 0.2) is 54.6 Å². The number of hydrogen-bond donors (Lipinski definition) is 2. The van der Waals surface area contributed by atoms with Crippen LogP contribution in [-0.4, -0.2) is 28.8 Å². The highest BCUT2D eigenvalue weighted by Crippen LogP contribution is 2.18. The standard InChI is InChI=1S/C12H16O3.C8H8O3/c1-3-9-14-10-5-7-11(8-6-10)15-12(13)4-2;9-7(8(10)11)6-4-2-1-3-5-6/h5-8H,3-4,9H2,1-2H3;1-5,7,9H,(H,10,11). The molecule has 0 bridgehead atoms. The van der Waals surface area contributed by atoms with Crippen LogP contribution in [0.5, 0.6) is 11.5 Å². The lowest BCUT2D eigenvalue weighted by atomic mass is 10.1. The summed E-state index contributed by atoms with van der Waals surface area (Å²) >= 11 is 0. The maximum Gasteiger partial charge on any atom is 0.337 e. The molecule has 2 aromatic rings. The van der Waals surface area contributed by atoms with Crippen LogP contribution in [0.2, 0.25) is 0 Å². The van der Waals surface area contributed by atoms with E-state index < -0.39 is 12.1 Å². The molecule has 0 aliphatic heterocycles. The largest absolute Gasteiger partial charge is 0.494 e. The van der Waals surface area contributed by atoms with Gasteiger partial charge in [-0.25, -0.2) is 4.79 Å². The van der Waals surface area contributed by atoms with Gasteiger partial charge in [0.1, 0.15) is 11.5 Å². The molecule has 0 spiro atoms. The second-order valence-electron chi connectivity index (χ2n) is 5.30. The van der Waals surface area contributed by atoms with E-state index in [0.29, 0.717) is 24.3 Å². The van der Waals surface area contributed by atoms with Gasteiger partial charge in [-0.05, 0) is 36.2 Å². The van der Waals surface area contributed by atoms with Gasteiger partial charge < -0.3 is 19.7 Å². The van der Waals surface area contributed by atoms with E-state index in [1.54, 1.807) is 61.5 Å². The number of aliphatic hydroxyl groups excluding tert-OH is 1. The van der Waals surface area contributed by atoms with Gasteiger partial charge in [0.2, 0.25) is 0 Å². The highest BCUT2D eigenvalue weighted by molar-refractivity contribution is 5.73. The number of aliphatic hydroxyl groups is 1. The number of hydrogen-bond acceptors (Lipinski definition) is 5. The van der Waals surface area contributed by atoms with Crippen molar-refractivity contribution >= 4 is 11.9 Å². The summed E-state index contributed by atoms with van der Waals surface area (Å²) in [5.74, 6) is -0.0905. The minimum absolute atomic E-state index is 0.225. The van der Waals surface area contributed by atoms with Crippen molar-refractivity contribution in [3.8, 4) is 11.5 Å². The third kappa shape index (κ3) is 7.81. The first-order valence-electron chi connectivity index (χ1n) is 8.37. The molecule has 2 aromatic carbocycles. The molecular formula is C20H24O6. The zero-order chi connectivity index (χ0) is 19.4. The van der Waals surface area contributed by atoms with Gasteiger partial charge in [-0.15, -0.1) is 0 Å². The van der Waals surface area contributed by atoms with Crippen molar-refractivity contribution in [2.24, 2.45) is 0 Å². The van der Waals surface area contributed by atoms with Crippen molar-refractivity contribution < 1.29 is 29.3 Å². The number of carbonyl (C=O) groups is 2. The first-order valence-corrected chi connectivity index (χ1v) is 8.37. The van der Waals surface area contributed by atoms with Crippen LogP contribution in [-0.2, 0) is 9.59 Å². The molecule has 0 aromatic heterocycles. The first kappa shape index (κ1) is 21.2. The Kier molecular flexibility index (Phi) is 9.49. The predicted molar refractivity (Wildman–Crippen MR) is 97.2 cm³/mol. The van der Waals surface area contributed by atoms with Crippen molar-refractivity contribution in [3.05, 3.63) is 60.2 Å². The molecule has 0 amide bonds. The third-order valence-corrected chi connectivity index (χ3v) is 3.17. The first-order chi connectivity index (χ1) is 12.5. The van der Waals surface area contributed by atoms with Crippen LogP contribution in [0.4, 0.5) is 0 Å². The van der Waals surface area contributed by atoms with E-state index in [1.807, 2.05) is 0 Å². The van der Waals surface area contributed by atoms with E-state index in [0.717, 1.165) is 12.2 Å². The fraction of sp³-hybridized carbons (Fsp3) is 0.300. The van der Waals surface area contributed by atoms with E-state index in [-0.39, 0.29) is 5.97 Å². The summed E-state index contributed by atoms with van der Waals surface area (Å²) in [6.45, 7) is 4.52. The minimum atomic E-state index is -1.41. The van der Waals surface area contributed by atoms with E-state index >= 15 is 0 Å². The average Bonchev–Trinajstić information content (AvgIpc) is 2.67. The number of carboxylic acids is 1. The van der Waals surface area contributed by atoms with E-state index in [2.05, 4.69) is 6.92 Å². The second-order valence-corrected chi connectivity index (χ2v) is 5.30. The Hall–Kier alpha value is -2.86. The van der Waals surface area contributed by atoms with Gasteiger partial charge in [0.25, 0.3) is 0 Å². The number of ether oxygens (including phenoxy) is 2. The van der Waals surface area contributed by atoms with Gasteiger partial charge in [0, 0.05) is 6.42 Å². The summed E-state index contributed by atoms with van der Waals surface area (Å²) in [5.41, 5.74) is 0.403. The van der Waals surface area contributed by atoms with Gasteiger partial charge >= 0.3 is 11.9 Å². The molecule has 0 aliphatic carbocycles. The Morgan fingerprint density at radius 1 is 0.962 bits per heavy atom. The topological polar surface area (TPSA) is 93.1 Å². The molecule has 1 unspecified atom stereocenters. The molecule has 2 N–H and O–H groups in total. The fourth-order valence-corrected chi connectivity index (χ4v) is 1.81. The summed E-state index contributed by atoms with van der Waals surface area (Å²) in [4.78, 5) is 21.2. The average molecular weight is 360 g/mol. The second kappa shape index (κ2) is 11.7. The number of aliphatic carboxylic acids is 1. The molecule has 140 valence electrons. The summed E-state index contributed by atoms with van der Waals surface area (Å²) in [6.07, 6.45) is -0.0445. The Morgan fingerprint density at radius 3 is 2.04 bits per heavy atom. The molecule has 6 heteroatoms. The predicted octanol–water partition coefficient (Wildman–Crippen LogP) is 3.60. The maximum atomic E-state index is 11.0. The number of carboxylic acid groups (broad SMARTS) is 1. The molecule has 26 heavy (non-hydrogen) atoms. The lowest BCUT2D eigenvalue weighted by Crippen LogP contribution is -2.09. The summed E-state index contributed by atoms with van der Waals surface area (Å²) in [7, 11) is 0. The number of carbonyl (C=O) groups excluding carboxylic acids is 1. The molecule has 0 fully saturated rings. The van der Waals surface area contributed by atoms with Crippen LogP contribution in [0.25, 0.3) is 0 Å². The Labute approximate surface area is 153 Å². The number of benzene rings is 2. The lowest BCUT2D eigenvalue weighted by molar-refractivity contribution is -0.147. The zero-order valence-electron chi connectivity index (χ0n) is 14.9.